The molecule has 2 aromatic carbocycles. The number of allylic oxidation sites excluding steroid dienone is 4. The van der Waals surface area contributed by atoms with Crippen molar-refractivity contribution >= 4 is 28.5 Å². The number of ether oxygens (including phenoxy) is 1. The van der Waals surface area contributed by atoms with Crippen LogP contribution in [0, 0.1) is 5.41 Å². The first-order valence-electron chi connectivity index (χ1n) is 10.6. The van der Waals surface area contributed by atoms with E-state index in [1.807, 2.05) is 49.5 Å². The lowest BCUT2D eigenvalue weighted by Crippen LogP contribution is -2.33. The molecule has 4 rings (SSSR count). The minimum atomic E-state index is -1.02. The SMILES string of the molecule is CN/C=C1/C=C(N2CCOc3cc(C(=O)NCc4ccc([S+](C)[O-])cc4)ccc32)C=CC1=N. The number of nitrogens with zero attached hydrogens (tertiary/aromatic N) is 1. The molecule has 1 aliphatic heterocycles. The van der Waals surface area contributed by atoms with Gasteiger partial charge in [-0.1, -0.05) is 12.1 Å². The Morgan fingerprint density at radius 2 is 2.03 bits per heavy atom. The molecule has 0 fully saturated rings. The zero-order chi connectivity index (χ0) is 23.4. The summed E-state index contributed by atoms with van der Waals surface area (Å²) in [4.78, 5) is 15.6. The molecule has 0 aromatic heterocycles. The first kappa shape index (κ1) is 22.7. The van der Waals surface area contributed by atoms with Gasteiger partial charge in [0.05, 0.1) is 17.9 Å². The van der Waals surface area contributed by atoms with Crippen molar-refractivity contribution in [2.75, 3.05) is 31.4 Å². The highest BCUT2D eigenvalue weighted by atomic mass is 32.2. The molecule has 3 N–H and O–H groups in total. The number of carbonyl (C=O) groups excluding carboxylic acids is 1. The highest BCUT2D eigenvalue weighted by Crippen LogP contribution is 2.36. The van der Waals surface area contributed by atoms with Gasteiger partial charge in [0, 0.05) is 36.6 Å². The fraction of sp³-hybridized carbons (Fsp3) is 0.200. The van der Waals surface area contributed by atoms with Gasteiger partial charge in [0.2, 0.25) is 0 Å². The summed E-state index contributed by atoms with van der Waals surface area (Å²) >= 11 is -1.02. The normalized spacial score (nSPS) is 17.2. The van der Waals surface area contributed by atoms with Gasteiger partial charge in [0.15, 0.2) is 4.90 Å². The minimum Gasteiger partial charge on any atom is -0.612 e. The van der Waals surface area contributed by atoms with Gasteiger partial charge < -0.3 is 30.2 Å². The fourth-order valence-corrected chi connectivity index (χ4v) is 4.23. The monoisotopic (exact) mass is 462 g/mol. The number of anilines is 1. The van der Waals surface area contributed by atoms with E-state index >= 15 is 0 Å². The summed E-state index contributed by atoms with van der Waals surface area (Å²) in [7, 11) is 1.81. The summed E-state index contributed by atoms with van der Waals surface area (Å²) in [6.07, 6.45) is 9.11. The van der Waals surface area contributed by atoms with Crippen molar-refractivity contribution in [2.24, 2.45) is 0 Å². The molecule has 2 aliphatic rings. The maximum atomic E-state index is 12.7. The lowest BCUT2D eigenvalue weighted by atomic mass is 10.0. The second-order valence-corrected chi connectivity index (χ2v) is 9.05. The van der Waals surface area contributed by atoms with Gasteiger partial charge in [-0.3, -0.25) is 4.79 Å². The van der Waals surface area contributed by atoms with Gasteiger partial charge in [-0.25, -0.2) is 0 Å². The van der Waals surface area contributed by atoms with E-state index in [0.29, 0.717) is 36.7 Å². The number of amides is 1. The third-order valence-corrected chi connectivity index (χ3v) is 6.38. The molecule has 1 aliphatic carbocycles. The zero-order valence-corrected chi connectivity index (χ0v) is 19.4. The Morgan fingerprint density at radius 1 is 1.24 bits per heavy atom. The molecule has 7 nitrogen and oxygen atoms in total. The Bertz CT molecular complexity index is 1150. The summed E-state index contributed by atoms with van der Waals surface area (Å²) < 4.78 is 17.4. The van der Waals surface area contributed by atoms with Crippen LogP contribution in [0.3, 0.4) is 0 Å². The third kappa shape index (κ3) is 5.13. The summed E-state index contributed by atoms with van der Waals surface area (Å²) in [5, 5.41) is 14.0. The van der Waals surface area contributed by atoms with Crippen molar-refractivity contribution in [1.29, 1.82) is 5.41 Å². The van der Waals surface area contributed by atoms with Gasteiger partial charge >= 0.3 is 0 Å². The number of benzene rings is 2. The first-order chi connectivity index (χ1) is 16.0. The van der Waals surface area contributed by atoms with Crippen LogP contribution < -0.4 is 20.3 Å². The smallest absolute Gasteiger partial charge is 0.251 e. The van der Waals surface area contributed by atoms with E-state index in [1.165, 1.54) is 0 Å². The van der Waals surface area contributed by atoms with Crippen LogP contribution in [-0.4, -0.2) is 42.6 Å². The van der Waals surface area contributed by atoms with Crippen LogP contribution >= 0.6 is 0 Å². The Labute approximate surface area is 196 Å². The van der Waals surface area contributed by atoms with E-state index in [1.54, 1.807) is 30.7 Å². The molecular weight excluding hydrogens is 436 g/mol. The van der Waals surface area contributed by atoms with Gasteiger partial charge in [0.25, 0.3) is 5.91 Å². The van der Waals surface area contributed by atoms with Crippen molar-refractivity contribution in [3.63, 3.8) is 0 Å². The Morgan fingerprint density at radius 3 is 2.76 bits per heavy atom. The molecule has 0 saturated heterocycles. The van der Waals surface area contributed by atoms with Crippen LogP contribution in [-0.2, 0) is 17.7 Å². The van der Waals surface area contributed by atoms with Gasteiger partial charge in [-0.05, 0) is 65.3 Å². The van der Waals surface area contributed by atoms with Crippen LogP contribution in [0.2, 0.25) is 0 Å². The molecule has 0 bridgehead atoms. The maximum Gasteiger partial charge on any atom is 0.251 e. The average molecular weight is 463 g/mol. The molecular formula is C25H26N4O3S. The largest absolute Gasteiger partial charge is 0.612 e. The second kappa shape index (κ2) is 9.97. The van der Waals surface area contributed by atoms with Crippen LogP contribution in [0.15, 0.2) is 83.1 Å². The molecule has 1 atom stereocenters. The van der Waals surface area contributed by atoms with E-state index in [4.69, 9.17) is 10.1 Å². The van der Waals surface area contributed by atoms with E-state index in [2.05, 4.69) is 15.5 Å². The highest BCUT2D eigenvalue weighted by Gasteiger charge is 2.23. The summed E-state index contributed by atoms with van der Waals surface area (Å²) in [6.45, 7) is 1.55. The van der Waals surface area contributed by atoms with Crippen LogP contribution in [0.5, 0.6) is 5.75 Å². The zero-order valence-electron chi connectivity index (χ0n) is 18.6. The maximum absolute atomic E-state index is 12.7. The quantitative estimate of drug-likeness (QED) is 0.573. The Balaban J connectivity index is 1.48. The van der Waals surface area contributed by atoms with Crippen molar-refractivity contribution in [3.8, 4) is 5.75 Å². The fourth-order valence-electron chi connectivity index (χ4n) is 3.71. The highest BCUT2D eigenvalue weighted by molar-refractivity contribution is 7.90. The molecule has 8 heteroatoms. The number of fused-ring (bicyclic) bond motifs is 1. The van der Waals surface area contributed by atoms with Crippen molar-refractivity contribution < 1.29 is 14.1 Å². The molecule has 0 saturated carbocycles. The van der Waals surface area contributed by atoms with Crippen LogP contribution in [0.1, 0.15) is 15.9 Å². The van der Waals surface area contributed by atoms with Crippen LogP contribution in [0.25, 0.3) is 0 Å². The molecule has 0 spiro atoms. The molecule has 0 radical (unpaired) electrons. The van der Waals surface area contributed by atoms with Crippen molar-refractivity contribution in [1.82, 2.24) is 10.6 Å². The standard InChI is InChI=1S/C25H26N4O3S/c1-27-16-19-13-20(6-9-22(19)26)29-11-12-32-24-14-18(5-10-23(24)29)25(30)28-15-17-3-7-21(8-4-17)33(2)31/h3-10,13-14,16,26-27H,11-12,15H2,1-2H3,(H,28,30)/b19-16-,26-22?. The van der Waals surface area contributed by atoms with Crippen molar-refractivity contribution in [2.45, 2.75) is 11.4 Å². The van der Waals surface area contributed by atoms with Gasteiger partial charge in [0.1, 0.15) is 18.6 Å². The Hall–Kier alpha value is -3.49. The number of nitrogens with one attached hydrogen (secondary N) is 3. The predicted octanol–water partition coefficient (Wildman–Crippen LogP) is 3.13. The Kier molecular flexibility index (Phi) is 6.86. The lowest BCUT2D eigenvalue weighted by molar-refractivity contribution is 0.0950. The van der Waals surface area contributed by atoms with E-state index in [0.717, 1.165) is 27.4 Å². The van der Waals surface area contributed by atoms with Crippen molar-refractivity contribution in [3.05, 3.63) is 89.3 Å². The molecule has 2 aromatic rings. The molecule has 1 amide bonds. The van der Waals surface area contributed by atoms with E-state index in [9.17, 15) is 9.35 Å². The molecule has 1 heterocycles. The second-order valence-electron chi connectivity index (χ2n) is 7.67. The lowest BCUT2D eigenvalue weighted by Gasteiger charge is -2.33. The topological polar surface area (TPSA) is 101 Å². The molecule has 33 heavy (non-hydrogen) atoms. The third-order valence-electron chi connectivity index (χ3n) is 5.44. The molecule has 170 valence electrons. The number of hydrogen-bond acceptors (Lipinski definition) is 6. The molecule has 1 unspecified atom stereocenters. The number of rotatable bonds is 6. The van der Waals surface area contributed by atoms with Gasteiger partial charge in [-0.15, -0.1) is 0 Å². The number of hydrogen-bond donors (Lipinski definition) is 3. The summed E-state index contributed by atoms with van der Waals surface area (Å²) in [5.41, 5.74) is 4.56. The average Bonchev–Trinajstić information content (AvgIpc) is 2.83. The van der Waals surface area contributed by atoms with Gasteiger partial charge in [-0.2, -0.15) is 0 Å². The van der Waals surface area contributed by atoms with Crippen LogP contribution in [0.4, 0.5) is 5.69 Å². The first-order valence-corrected chi connectivity index (χ1v) is 12.1. The van der Waals surface area contributed by atoms with E-state index < -0.39 is 11.2 Å². The number of carbonyl (C=O) groups is 1. The minimum absolute atomic E-state index is 0.189. The van der Waals surface area contributed by atoms with E-state index in [-0.39, 0.29) is 5.91 Å². The summed E-state index contributed by atoms with van der Waals surface area (Å²) in [6, 6.07) is 12.8. The summed E-state index contributed by atoms with van der Waals surface area (Å²) in [5.74, 6) is 0.462. The predicted molar refractivity (Wildman–Crippen MR) is 131 cm³/mol.